The van der Waals surface area contributed by atoms with Gasteiger partial charge in [0.1, 0.15) is 11.5 Å². The number of carbonyl (C=O) groups is 1. The minimum absolute atomic E-state index is 0.203. The van der Waals surface area contributed by atoms with Gasteiger partial charge in [-0.25, -0.2) is 10.0 Å². The van der Waals surface area contributed by atoms with Crippen LogP contribution in [0, 0.1) is 6.92 Å². The van der Waals surface area contributed by atoms with Crippen LogP contribution in [0.4, 0.5) is 0 Å². The molecule has 3 aromatic rings. The predicted molar refractivity (Wildman–Crippen MR) is 140 cm³/mol. The normalized spacial score (nSPS) is 17.0. The number of hydrogen-bond acceptors (Lipinski definition) is 6. The first-order chi connectivity index (χ1) is 16.4. The minimum atomic E-state index is -0.605. The molecule has 2 aliphatic heterocycles. The van der Waals surface area contributed by atoms with Crippen molar-refractivity contribution in [3.63, 3.8) is 0 Å². The summed E-state index contributed by atoms with van der Waals surface area (Å²) in [4.78, 5) is 18.1. The highest BCUT2D eigenvalue weighted by molar-refractivity contribution is 9.10. The largest absolute Gasteiger partial charge is 0.457 e. The van der Waals surface area contributed by atoms with Crippen molar-refractivity contribution in [1.29, 1.82) is 0 Å². The maximum absolute atomic E-state index is 13.2. The van der Waals surface area contributed by atoms with Crippen LogP contribution in [-0.4, -0.2) is 21.8 Å². The van der Waals surface area contributed by atoms with Gasteiger partial charge in [0, 0.05) is 26.0 Å². The predicted octanol–water partition coefficient (Wildman–Crippen LogP) is 5.35. The maximum Gasteiger partial charge on any atom is 0.276 e. The van der Waals surface area contributed by atoms with Crippen LogP contribution in [0.2, 0.25) is 5.02 Å². The van der Waals surface area contributed by atoms with E-state index < -0.39 is 6.17 Å². The second kappa shape index (κ2) is 9.60. The smallest absolute Gasteiger partial charge is 0.276 e. The van der Waals surface area contributed by atoms with E-state index in [1.165, 1.54) is 11.8 Å². The molecule has 0 saturated heterocycles. The van der Waals surface area contributed by atoms with Gasteiger partial charge in [-0.05, 0) is 55.3 Å². The molecule has 174 valence electrons. The second-order valence-electron chi connectivity index (χ2n) is 8.08. The highest BCUT2D eigenvalue weighted by Gasteiger charge is 2.36. The van der Waals surface area contributed by atoms with E-state index in [1.807, 2.05) is 55.5 Å². The molecule has 0 radical (unpaired) electrons. The third-order valence-electron chi connectivity index (χ3n) is 5.64. The molecule has 0 spiro atoms. The molecule has 0 bridgehead atoms. The van der Waals surface area contributed by atoms with Gasteiger partial charge in [0.2, 0.25) is 6.17 Å². The maximum atomic E-state index is 13.2. The fourth-order valence-electron chi connectivity index (χ4n) is 3.81. The summed E-state index contributed by atoms with van der Waals surface area (Å²) in [6.45, 7) is 4.10. The summed E-state index contributed by atoms with van der Waals surface area (Å²) in [5.41, 5.74) is 2.33. The number of carbonyl (C=O) groups excluding carboxylic acids is 1. The van der Waals surface area contributed by atoms with Crippen LogP contribution in [0.5, 0.6) is 0 Å². The lowest BCUT2D eigenvalue weighted by atomic mass is 10.1. The Morgan fingerprint density at radius 1 is 1.21 bits per heavy atom. The quantitative estimate of drug-likeness (QED) is 0.430. The molecule has 5 rings (SSSR count). The fraction of sp³-hybridized carbons (Fsp3) is 0.240. The molecule has 1 N–H and O–H groups in total. The van der Waals surface area contributed by atoms with Gasteiger partial charge in [0.15, 0.2) is 10.9 Å². The molecule has 3 heterocycles. The van der Waals surface area contributed by atoms with Crippen LogP contribution in [0.15, 0.2) is 67.5 Å². The van der Waals surface area contributed by atoms with Gasteiger partial charge in [0.05, 0.1) is 5.36 Å². The summed E-state index contributed by atoms with van der Waals surface area (Å²) in [6.07, 6.45) is 1.51. The van der Waals surface area contributed by atoms with Gasteiger partial charge in [-0.1, -0.05) is 64.8 Å². The third kappa shape index (κ3) is 4.42. The number of halogens is 2. The summed E-state index contributed by atoms with van der Waals surface area (Å²) < 4.78 is 7.10. The Hall–Kier alpha value is -2.55. The average Bonchev–Trinajstić information content (AvgIpc) is 3.30. The van der Waals surface area contributed by atoms with Crippen LogP contribution in [0.1, 0.15) is 37.3 Å². The number of rotatable bonds is 5. The Kier molecular flexibility index (Phi) is 6.55. The minimum Gasteiger partial charge on any atom is -0.457 e. The number of nitrogens with one attached hydrogen (secondary N) is 1. The Morgan fingerprint density at radius 3 is 2.85 bits per heavy atom. The van der Waals surface area contributed by atoms with E-state index in [4.69, 9.17) is 26.1 Å². The SMILES string of the molecule is CCCCSC1=NN2C(=c3cc(Br)ccc3=NC2c2ccc(-c3ccc(C)c(Cl)c3)o2)C(=O)N1. The molecular formula is C25H22BrClN4O2S. The lowest BCUT2D eigenvalue weighted by molar-refractivity contribution is -0.116. The lowest BCUT2D eigenvalue weighted by Crippen LogP contribution is -2.50. The number of fused-ring (bicyclic) bond motifs is 2. The number of hydrogen-bond donors (Lipinski definition) is 1. The number of nitrogens with zero attached hydrogens (tertiary/aromatic N) is 3. The van der Waals surface area contributed by atoms with Crippen molar-refractivity contribution in [2.45, 2.75) is 32.9 Å². The highest BCUT2D eigenvalue weighted by Crippen LogP contribution is 2.35. The van der Waals surface area contributed by atoms with E-state index in [-0.39, 0.29) is 5.91 Å². The van der Waals surface area contributed by atoms with Crippen LogP contribution in [0.25, 0.3) is 17.0 Å². The number of thioether (sulfide) groups is 1. The molecule has 34 heavy (non-hydrogen) atoms. The van der Waals surface area contributed by atoms with Gasteiger partial charge in [-0.15, -0.1) is 5.10 Å². The summed E-state index contributed by atoms with van der Waals surface area (Å²) >= 11 is 11.4. The Labute approximate surface area is 214 Å². The summed E-state index contributed by atoms with van der Waals surface area (Å²) in [5, 5.41) is 12.1. The van der Waals surface area contributed by atoms with Gasteiger partial charge < -0.3 is 4.42 Å². The van der Waals surface area contributed by atoms with E-state index >= 15 is 0 Å². The first-order valence-corrected chi connectivity index (χ1v) is 13.2. The van der Waals surface area contributed by atoms with Crippen molar-refractivity contribution in [2.24, 2.45) is 10.1 Å². The zero-order valence-corrected chi connectivity index (χ0v) is 21.8. The second-order valence-corrected chi connectivity index (χ2v) is 10.5. The summed E-state index contributed by atoms with van der Waals surface area (Å²) in [6, 6.07) is 15.3. The van der Waals surface area contributed by atoms with Gasteiger partial charge >= 0.3 is 0 Å². The van der Waals surface area contributed by atoms with Gasteiger partial charge in [0.25, 0.3) is 5.91 Å². The van der Waals surface area contributed by atoms with Crippen molar-refractivity contribution >= 4 is 56.1 Å². The number of unbranched alkanes of at least 4 members (excludes halogenated alkanes) is 1. The topological polar surface area (TPSA) is 70.2 Å². The van der Waals surface area contributed by atoms with E-state index in [2.05, 4.69) is 28.2 Å². The highest BCUT2D eigenvalue weighted by atomic mass is 79.9. The van der Waals surface area contributed by atoms with Crippen LogP contribution < -0.4 is 15.9 Å². The molecule has 0 saturated carbocycles. The molecule has 1 aromatic heterocycles. The fourth-order valence-corrected chi connectivity index (χ4v) is 5.29. The lowest BCUT2D eigenvalue weighted by Gasteiger charge is -2.32. The molecule has 6 nitrogen and oxygen atoms in total. The summed E-state index contributed by atoms with van der Waals surface area (Å²) in [7, 11) is 0. The Bertz CT molecular complexity index is 1430. The van der Waals surface area contributed by atoms with E-state index in [1.54, 1.807) is 5.01 Å². The number of benzene rings is 2. The van der Waals surface area contributed by atoms with Crippen LogP contribution in [-0.2, 0) is 4.79 Å². The number of hydrazone groups is 1. The molecule has 0 fully saturated rings. The molecule has 9 heteroatoms. The van der Waals surface area contributed by atoms with Crippen molar-refractivity contribution in [1.82, 2.24) is 10.3 Å². The number of furan rings is 1. The van der Waals surface area contributed by atoms with Gasteiger partial charge in [-0.3, -0.25) is 10.1 Å². The van der Waals surface area contributed by atoms with E-state index in [0.717, 1.165) is 39.4 Å². The molecule has 1 atom stereocenters. The number of amidine groups is 1. The first kappa shape index (κ1) is 23.2. The Balaban J connectivity index is 1.60. The van der Waals surface area contributed by atoms with E-state index in [0.29, 0.717) is 32.8 Å². The van der Waals surface area contributed by atoms with Crippen LogP contribution in [0.3, 0.4) is 0 Å². The Morgan fingerprint density at radius 2 is 2.06 bits per heavy atom. The number of amides is 1. The standard InChI is InChI=1S/C25H22BrClN4O2S/c1-3-4-11-34-25-29-24(32)22-17-13-16(26)7-8-19(17)28-23(31(22)30-25)21-10-9-20(33-21)15-6-5-14(2)18(27)12-15/h5-10,12-13,23H,3-4,11H2,1-2H3,(H,29,30,32). The molecule has 2 aliphatic rings. The van der Waals surface area contributed by atoms with Crippen molar-refractivity contribution < 1.29 is 9.21 Å². The molecule has 0 aliphatic carbocycles. The third-order valence-corrected chi connectivity index (χ3v) is 7.49. The zero-order chi connectivity index (χ0) is 23.8. The molecule has 1 unspecified atom stereocenters. The zero-order valence-electron chi connectivity index (χ0n) is 18.6. The average molecular weight is 558 g/mol. The molecule has 1 amide bonds. The monoisotopic (exact) mass is 556 g/mol. The number of aryl methyl sites for hydroxylation is 1. The summed E-state index contributed by atoms with van der Waals surface area (Å²) in [5.74, 6) is 1.94. The van der Waals surface area contributed by atoms with Gasteiger partial charge in [-0.2, -0.15) is 0 Å². The van der Waals surface area contributed by atoms with Crippen molar-refractivity contribution in [2.75, 3.05) is 5.75 Å². The van der Waals surface area contributed by atoms with Crippen LogP contribution >= 0.6 is 39.3 Å². The van der Waals surface area contributed by atoms with E-state index in [9.17, 15) is 4.79 Å². The van der Waals surface area contributed by atoms with Crippen molar-refractivity contribution in [3.8, 4) is 11.3 Å². The molecular weight excluding hydrogens is 536 g/mol. The van der Waals surface area contributed by atoms with Crippen molar-refractivity contribution in [3.05, 3.63) is 79.9 Å². The first-order valence-electron chi connectivity index (χ1n) is 11.0. The molecule has 2 aromatic carbocycles.